The summed E-state index contributed by atoms with van der Waals surface area (Å²) in [5.41, 5.74) is 5.60. The van der Waals surface area contributed by atoms with Gasteiger partial charge in [0.15, 0.2) is 0 Å². The number of aryl methyl sites for hydroxylation is 1. The molecular formula is C39H48ClIN4O2. The number of hydrogen-bond acceptors (Lipinski definition) is 4. The van der Waals surface area contributed by atoms with Gasteiger partial charge >= 0.3 is 0 Å². The molecule has 0 bridgehead atoms. The van der Waals surface area contributed by atoms with Crippen molar-refractivity contribution in [3.05, 3.63) is 119 Å². The van der Waals surface area contributed by atoms with E-state index in [-0.39, 0.29) is 24.0 Å². The standard InChI is InChI=1S/C39H48ClN4O2.HI/c1-5-44(4,6-2)26-8-27-45-37-21-17-35(18-22-37)43-30-38(41-39(43)23-12-32-9-7-25-42(3)29-32)33-13-19-36(20-14-33)46-28-24-31-10-15-34(40)16-11-31;/h7,9-11,13-22,29-30H,5-6,8,12,23-28H2,1-4H3;1H/q+1;/p-1. The molecule has 1 aromatic heterocycles. The summed E-state index contributed by atoms with van der Waals surface area (Å²) in [7, 11) is 4.43. The predicted molar refractivity (Wildman–Crippen MR) is 190 cm³/mol. The molecule has 4 aromatic rings. The number of aromatic nitrogens is 2. The summed E-state index contributed by atoms with van der Waals surface area (Å²) in [6, 6.07) is 24.6. The number of nitrogens with zero attached hydrogens (tertiary/aromatic N) is 4. The molecule has 6 nitrogen and oxygen atoms in total. The van der Waals surface area contributed by atoms with Crippen LogP contribution in [0.25, 0.3) is 16.9 Å². The van der Waals surface area contributed by atoms with Crippen LogP contribution in [0.1, 0.15) is 38.1 Å². The smallest absolute Gasteiger partial charge is 0.119 e. The van der Waals surface area contributed by atoms with E-state index in [1.807, 2.05) is 36.4 Å². The van der Waals surface area contributed by atoms with Gasteiger partial charge in [0, 0.05) is 61.5 Å². The predicted octanol–water partition coefficient (Wildman–Crippen LogP) is 5.39. The van der Waals surface area contributed by atoms with Crippen molar-refractivity contribution in [1.82, 2.24) is 14.5 Å². The van der Waals surface area contributed by atoms with E-state index in [0.29, 0.717) is 6.61 Å². The van der Waals surface area contributed by atoms with Gasteiger partial charge in [-0.2, -0.15) is 0 Å². The first-order valence-electron chi connectivity index (χ1n) is 16.5. The van der Waals surface area contributed by atoms with E-state index in [4.69, 9.17) is 26.1 Å². The molecule has 0 atom stereocenters. The molecule has 0 N–H and O–H groups in total. The third-order valence-corrected chi connectivity index (χ3v) is 9.26. The fraction of sp³-hybridized carbons (Fsp3) is 0.359. The zero-order valence-electron chi connectivity index (χ0n) is 28.2. The maximum Gasteiger partial charge on any atom is 0.119 e. The second-order valence-corrected chi connectivity index (χ2v) is 12.8. The van der Waals surface area contributed by atoms with Gasteiger partial charge in [-0.3, -0.25) is 0 Å². The van der Waals surface area contributed by atoms with Crippen molar-refractivity contribution in [2.24, 2.45) is 0 Å². The zero-order chi connectivity index (χ0) is 32.4. The van der Waals surface area contributed by atoms with Crippen LogP contribution in [0.15, 0.2) is 103 Å². The largest absolute Gasteiger partial charge is 1.00 e. The van der Waals surface area contributed by atoms with Gasteiger partial charge in [-0.1, -0.05) is 35.9 Å². The molecule has 0 amide bonds. The molecule has 1 aliphatic rings. The van der Waals surface area contributed by atoms with Crippen molar-refractivity contribution in [3.63, 3.8) is 0 Å². The summed E-state index contributed by atoms with van der Waals surface area (Å²) in [6.07, 6.45) is 12.5. The first kappa shape index (κ1) is 36.6. The third-order valence-electron chi connectivity index (χ3n) is 9.00. The van der Waals surface area contributed by atoms with Crippen LogP contribution >= 0.6 is 11.6 Å². The molecule has 0 saturated heterocycles. The van der Waals surface area contributed by atoms with Crippen molar-refractivity contribution < 1.29 is 37.9 Å². The van der Waals surface area contributed by atoms with Crippen LogP contribution in [0.4, 0.5) is 0 Å². The van der Waals surface area contributed by atoms with Gasteiger partial charge in [0.25, 0.3) is 0 Å². The van der Waals surface area contributed by atoms with Gasteiger partial charge in [0.1, 0.15) is 17.3 Å². The van der Waals surface area contributed by atoms with Crippen molar-refractivity contribution in [2.45, 2.75) is 39.5 Å². The minimum Gasteiger partial charge on any atom is -1.00 e. The molecule has 0 radical (unpaired) electrons. The van der Waals surface area contributed by atoms with Crippen LogP contribution in [0.3, 0.4) is 0 Å². The highest BCUT2D eigenvalue weighted by molar-refractivity contribution is 6.30. The van der Waals surface area contributed by atoms with Crippen LogP contribution < -0.4 is 33.5 Å². The highest BCUT2D eigenvalue weighted by Crippen LogP contribution is 2.27. The lowest BCUT2D eigenvalue weighted by Gasteiger charge is -2.32. The Kier molecular flexibility index (Phi) is 13.8. The van der Waals surface area contributed by atoms with Gasteiger partial charge in [-0.25, -0.2) is 4.98 Å². The second-order valence-electron chi connectivity index (χ2n) is 12.4. The number of hydrogen-bond donors (Lipinski definition) is 0. The Morgan fingerprint density at radius 2 is 1.49 bits per heavy atom. The Morgan fingerprint density at radius 3 is 2.15 bits per heavy atom. The van der Waals surface area contributed by atoms with Crippen LogP contribution in [0.5, 0.6) is 11.5 Å². The van der Waals surface area contributed by atoms with E-state index in [1.54, 1.807) is 0 Å². The lowest BCUT2D eigenvalue weighted by molar-refractivity contribution is -0.906. The normalized spacial score (nSPS) is 12.9. The monoisotopic (exact) mass is 766 g/mol. The highest BCUT2D eigenvalue weighted by atomic mass is 127. The Bertz CT molecular complexity index is 1590. The lowest BCUT2D eigenvalue weighted by Crippen LogP contribution is -3.00. The van der Waals surface area contributed by atoms with Crippen molar-refractivity contribution in [2.75, 3.05) is 53.5 Å². The van der Waals surface area contributed by atoms with Gasteiger partial charge in [-0.05, 0) is 92.1 Å². The number of imidazole rings is 1. The average Bonchev–Trinajstić information content (AvgIpc) is 3.51. The maximum absolute atomic E-state index is 6.12. The lowest BCUT2D eigenvalue weighted by atomic mass is 10.1. The first-order valence-corrected chi connectivity index (χ1v) is 16.9. The van der Waals surface area contributed by atoms with Crippen molar-refractivity contribution in [1.29, 1.82) is 0 Å². The number of likely N-dealkylation sites (N-methyl/N-ethyl adjacent to an activating group) is 1. The van der Waals surface area contributed by atoms with E-state index in [1.165, 1.54) is 11.1 Å². The van der Waals surface area contributed by atoms with Crippen molar-refractivity contribution in [3.8, 4) is 28.4 Å². The zero-order valence-corrected chi connectivity index (χ0v) is 31.1. The van der Waals surface area contributed by atoms with E-state index in [9.17, 15) is 0 Å². The maximum atomic E-state index is 6.12. The summed E-state index contributed by atoms with van der Waals surface area (Å²) in [4.78, 5) is 7.35. The summed E-state index contributed by atoms with van der Waals surface area (Å²) < 4.78 is 15.5. The molecule has 5 rings (SSSR count). The van der Waals surface area contributed by atoms with E-state index in [2.05, 4.69) is 98.4 Å². The number of ether oxygens (including phenoxy) is 2. The highest BCUT2D eigenvalue weighted by Gasteiger charge is 2.16. The van der Waals surface area contributed by atoms with Gasteiger partial charge < -0.3 is 47.4 Å². The Balaban J connectivity index is 0.00000500. The number of benzene rings is 3. The fourth-order valence-electron chi connectivity index (χ4n) is 5.65. The number of quaternary nitrogens is 1. The minimum absolute atomic E-state index is 0. The molecule has 3 aromatic carbocycles. The molecule has 47 heavy (non-hydrogen) atoms. The van der Waals surface area contributed by atoms with Gasteiger partial charge in [0.05, 0.1) is 45.6 Å². The fourth-order valence-corrected chi connectivity index (χ4v) is 5.78. The third kappa shape index (κ3) is 10.6. The average molecular weight is 767 g/mol. The Labute approximate surface area is 303 Å². The van der Waals surface area contributed by atoms with Crippen LogP contribution in [-0.4, -0.2) is 72.4 Å². The summed E-state index contributed by atoms with van der Waals surface area (Å²) in [6.45, 7) is 10.2. The molecule has 250 valence electrons. The Morgan fingerprint density at radius 1 is 0.830 bits per heavy atom. The molecule has 2 heterocycles. The first-order chi connectivity index (χ1) is 22.3. The van der Waals surface area contributed by atoms with E-state index in [0.717, 1.165) is 102 Å². The van der Waals surface area contributed by atoms with E-state index >= 15 is 0 Å². The molecule has 0 fully saturated rings. The molecule has 0 unspecified atom stereocenters. The van der Waals surface area contributed by atoms with Crippen LogP contribution in [0.2, 0.25) is 5.02 Å². The molecule has 1 aliphatic heterocycles. The Hall–Kier alpha value is -3.27. The van der Waals surface area contributed by atoms with Gasteiger partial charge in [-0.15, -0.1) is 0 Å². The van der Waals surface area contributed by atoms with Crippen LogP contribution in [-0.2, 0) is 12.8 Å². The topological polar surface area (TPSA) is 39.5 Å². The summed E-state index contributed by atoms with van der Waals surface area (Å²) in [5, 5.41) is 0.750. The number of allylic oxidation sites excluding steroid dienone is 2. The van der Waals surface area contributed by atoms with Crippen LogP contribution in [0, 0.1) is 0 Å². The molecule has 0 aliphatic carbocycles. The van der Waals surface area contributed by atoms with Crippen molar-refractivity contribution >= 4 is 11.6 Å². The second kappa shape index (κ2) is 17.8. The molecule has 0 saturated carbocycles. The van der Waals surface area contributed by atoms with E-state index < -0.39 is 0 Å². The molecule has 8 heteroatoms. The molecular weight excluding hydrogens is 719 g/mol. The van der Waals surface area contributed by atoms with Gasteiger partial charge in [0.2, 0.25) is 0 Å². The molecule has 0 spiro atoms. The minimum atomic E-state index is 0. The quantitative estimate of drug-likeness (QED) is 0.0872. The summed E-state index contributed by atoms with van der Waals surface area (Å²) in [5.74, 6) is 2.78. The SMILES string of the molecule is CC[N+](C)(CC)CCCOc1ccc(-n2cc(-c3ccc(OCCc4ccc(Cl)cc4)cc3)nc2CCC2=CN(C)CC=C2)cc1.[I-]. The number of rotatable bonds is 16. The number of halogens is 2. The summed E-state index contributed by atoms with van der Waals surface area (Å²) >= 11 is 6.01.